The Morgan fingerprint density at radius 2 is 2.50 bits per heavy atom. The number of aromatic nitrogens is 3. The lowest BCUT2D eigenvalue weighted by atomic mass is 10.6. The highest BCUT2D eigenvalue weighted by atomic mass is 32.2. The molecule has 1 aromatic rings. The lowest BCUT2D eigenvalue weighted by molar-refractivity contribution is -0.107. The smallest absolute Gasteiger partial charge is 0.303 e. The maximum atomic E-state index is 10.8. The Kier molecular flexibility index (Phi) is 3.09. The van der Waals surface area contributed by atoms with Crippen molar-refractivity contribution in [3.05, 3.63) is 10.5 Å². The fourth-order valence-electron chi connectivity index (χ4n) is 0.660. The number of carbonyl (C=O) groups excluding carboxylic acids is 1. The van der Waals surface area contributed by atoms with Crippen molar-refractivity contribution in [1.29, 1.82) is 0 Å². The number of carbonyl (C=O) groups is 1. The second kappa shape index (κ2) is 4.10. The van der Waals surface area contributed by atoms with E-state index in [1.807, 2.05) is 0 Å². The van der Waals surface area contributed by atoms with Crippen molar-refractivity contribution in [1.82, 2.24) is 14.8 Å². The van der Waals surface area contributed by atoms with Gasteiger partial charge < -0.3 is 4.79 Å². The third-order valence-electron chi connectivity index (χ3n) is 1.31. The average molecular weight is 187 g/mol. The van der Waals surface area contributed by atoms with Gasteiger partial charge in [-0.25, -0.2) is 9.89 Å². The van der Waals surface area contributed by atoms with Crippen LogP contribution < -0.4 is 5.69 Å². The Bertz CT molecular complexity index is 317. The third-order valence-corrected chi connectivity index (χ3v) is 2.37. The molecule has 0 radical (unpaired) electrons. The van der Waals surface area contributed by atoms with E-state index in [2.05, 4.69) is 10.2 Å². The summed E-state index contributed by atoms with van der Waals surface area (Å²) in [6, 6.07) is 0. The minimum absolute atomic E-state index is 0.233. The number of H-pyrrole nitrogens is 1. The van der Waals surface area contributed by atoms with Crippen LogP contribution in [0.1, 0.15) is 6.42 Å². The molecule has 0 atom stereocenters. The van der Waals surface area contributed by atoms with Gasteiger partial charge in [0.05, 0.1) is 0 Å². The summed E-state index contributed by atoms with van der Waals surface area (Å²) >= 11 is 1.38. The first-order valence-electron chi connectivity index (χ1n) is 3.43. The van der Waals surface area contributed by atoms with Crippen molar-refractivity contribution >= 4 is 18.0 Å². The van der Waals surface area contributed by atoms with Crippen LogP contribution in [0.4, 0.5) is 0 Å². The van der Waals surface area contributed by atoms with Crippen molar-refractivity contribution in [2.75, 3.05) is 5.75 Å². The van der Waals surface area contributed by atoms with Crippen LogP contribution in [0.25, 0.3) is 0 Å². The van der Waals surface area contributed by atoms with Gasteiger partial charge in [-0.3, -0.25) is 4.57 Å². The van der Waals surface area contributed by atoms with Crippen LogP contribution in [0, 0.1) is 0 Å². The number of nitrogens with zero attached hydrogens (tertiary/aromatic N) is 2. The molecule has 0 fully saturated rings. The topological polar surface area (TPSA) is 67.8 Å². The average Bonchev–Trinajstić information content (AvgIpc) is 2.36. The number of hydrogen-bond donors (Lipinski definition) is 1. The Labute approximate surface area is 73.2 Å². The van der Waals surface area contributed by atoms with Crippen LogP contribution in [-0.2, 0) is 11.8 Å². The quantitative estimate of drug-likeness (QED) is 0.402. The summed E-state index contributed by atoms with van der Waals surface area (Å²) in [6.45, 7) is 0. The van der Waals surface area contributed by atoms with Crippen molar-refractivity contribution in [3.63, 3.8) is 0 Å². The van der Waals surface area contributed by atoms with Crippen LogP contribution >= 0.6 is 11.8 Å². The van der Waals surface area contributed by atoms with E-state index in [4.69, 9.17) is 0 Å². The molecule has 0 saturated carbocycles. The van der Waals surface area contributed by atoms with Gasteiger partial charge in [0.15, 0.2) is 5.16 Å². The summed E-state index contributed by atoms with van der Waals surface area (Å²) < 4.78 is 1.41. The molecule has 0 unspecified atom stereocenters. The molecule has 0 aromatic carbocycles. The van der Waals surface area contributed by atoms with E-state index in [9.17, 15) is 9.59 Å². The molecule has 1 heterocycles. The Hall–Kier alpha value is -1.04. The van der Waals surface area contributed by atoms with E-state index < -0.39 is 0 Å². The minimum atomic E-state index is -0.233. The van der Waals surface area contributed by atoms with Crippen molar-refractivity contribution in [2.24, 2.45) is 7.05 Å². The predicted molar refractivity (Wildman–Crippen MR) is 45.2 cm³/mol. The number of thioether (sulfide) groups is 1. The number of aromatic amines is 1. The van der Waals surface area contributed by atoms with Gasteiger partial charge in [0.2, 0.25) is 0 Å². The van der Waals surface area contributed by atoms with Crippen LogP contribution in [-0.4, -0.2) is 26.8 Å². The van der Waals surface area contributed by atoms with E-state index in [0.717, 1.165) is 6.29 Å². The molecule has 0 spiro atoms. The van der Waals surface area contributed by atoms with Gasteiger partial charge >= 0.3 is 5.69 Å². The number of nitrogens with one attached hydrogen (secondary N) is 1. The summed E-state index contributed by atoms with van der Waals surface area (Å²) in [5.41, 5.74) is -0.233. The molecule has 1 rings (SSSR count). The molecular formula is C6H9N3O2S. The summed E-state index contributed by atoms with van der Waals surface area (Å²) in [5.74, 6) is 0.654. The SMILES string of the molecule is Cn1c(SCCC=O)n[nH]c1=O. The highest BCUT2D eigenvalue weighted by Crippen LogP contribution is 2.11. The fourth-order valence-corrected chi connectivity index (χ4v) is 1.44. The molecular weight excluding hydrogens is 178 g/mol. The number of hydrogen-bond acceptors (Lipinski definition) is 4. The van der Waals surface area contributed by atoms with E-state index in [0.29, 0.717) is 17.3 Å². The summed E-state index contributed by atoms with van der Waals surface area (Å²) in [4.78, 5) is 20.8. The lowest BCUT2D eigenvalue weighted by Crippen LogP contribution is -2.12. The molecule has 0 bridgehead atoms. The Balaban J connectivity index is 2.57. The lowest BCUT2D eigenvalue weighted by Gasteiger charge is -1.94. The van der Waals surface area contributed by atoms with E-state index in [-0.39, 0.29) is 5.69 Å². The first-order chi connectivity index (χ1) is 5.75. The fraction of sp³-hybridized carbons (Fsp3) is 0.500. The van der Waals surface area contributed by atoms with Gasteiger partial charge in [0.25, 0.3) is 0 Å². The van der Waals surface area contributed by atoms with Gasteiger partial charge in [-0.2, -0.15) is 0 Å². The standard InChI is InChI=1S/C6H9N3O2S/c1-9-5(11)7-8-6(9)12-4-2-3-10/h3H,2,4H2,1H3,(H,7,11). The number of aldehydes is 1. The second-order valence-electron chi connectivity index (χ2n) is 2.17. The van der Waals surface area contributed by atoms with Gasteiger partial charge in [0.1, 0.15) is 6.29 Å². The molecule has 0 saturated heterocycles. The first kappa shape index (κ1) is 9.05. The van der Waals surface area contributed by atoms with Crippen LogP contribution in [0.5, 0.6) is 0 Å². The molecule has 6 heteroatoms. The maximum Gasteiger partial charge on any atom is 0.343 e. The monoisotopic (exact) mass is 187 g/mol. The number of rotatable bonds is 4. The van der Waals surface area contributed by atoms with Crippen LogP contribution in [0.3, 0.4) is 0 Å². The summed E-state index contributed by atoms with van der Waals surface area (Å²) in [6.07, 6.45) is 1.32. The Morgan fingerprint density at radius 1 is 1.75 bits per heavy atom. The summed E-state index contributed by atoms with van der Waals surface area (Å²) in [7, 11) is 1.63. The molecule has 5 nitrogen and oxygen atoms in total. The highest BCUT2D eigenvalue weighted by molar-refractivity contribution is 7.99. The molecule has 1 aromatic heterocycles. The van der Waals surface area contributed by atoms with Crippen molar-refractivity contribution in [2.45, 2.75) is 11.6 Å². The first-order valence-corrected chi connectivity index (χ1v) is 4.42. The zero-order valence-electron chi connectivity index (χ0n) is 6.61. The molecule has 0 aliphatic rings. The molecule has 0 aliphatic carbocycles. The maximum absolute atomic E-state index is 10.8. The zero-order valence-corrected chi connectivity index (χ0v) is 7.43. The minimum Gasteiger partial charge on any atom is -0.303 e. The van der Waals surface area contributed by atoms with E-state index in [1.54, 1.807) is 7.05 Å². The van der Waals surface area contributed by atoms with Crippen molar-refractivity contribution < 1.29 is 4.79 Å². The van der Waals surface area contributed by atoms with Gasteiger partial charge in [-0.05, 0) is 0 Å². The normalized spacial score (nSPS) is 10.1. The molecule has 0 amide bonds. The second-order valence-corrected chi connectivity index (χ2v) is 3.24. The van der Waals surface area contributed by atoms with E-state index in [1.165, 1.54) is 16.3 Å². The van der Waals surface area contributed by atoms with Gasteiger partial charge in [-0.1, -0.05) is 11.8 Å². The predicted octanol–water partition coefficient (Wildman–Crippen LogP) is -0.211. The molecule has 66 valence electrons. The molecule has 12 heavy (non-hydrogen) atoms. The van der Waals surface area contributed by atoms with Crippen LogP contribution in [0.15, 0.2) is 9.95 Å². The van der Waals surface area contributed by atoms with Crippen molar-refractivity contribution in [3.8, 4) is 0 Å². The zero-order chi connectivity index (χ0) is 8.97. The Morgan fingerprint density at radius 3 is 3.00 bits per heavy atom. The van der Waals surface area contributed by atoms with E-state index >= 15 is 0 Å². The largest absolute Gasteiger partial charge is 0.343 e. The van der Waals surface area contributed by atoms with Gasteiger partial charge in [-0.15, -0.1) is 5.10 Å². The van der Waals surface area contributed by atoms with Crippen LogP contribution in [0.2, 0.25) is 0 Å². The highest BCUT2D eigenvalue weighted by Gasteiger charge is 2.02. The molecule has 1 N–H and O–H groups in total. The summed E-state index contributed by atoms with van der Waals surface area (Å²) in [5, 5.41) is 6.68. The third kappa shape index (κ3) is 1.97. The van der Waals surface area contributed by atoms with Gasteiger partial charge in [0, 0.05) is 19.2 Å². The molecule has 0 aliphatic heterocycles.